The molecule has 0 radical (unpaired) electrons. The average Bonchev–Trinajstić information content (AvgIpc) is 3.48. The highest BCUT2D eigenvalue weighted by Crippen LogP contribution is 2.35. The van der Waals surface area contributed by atoms with Crippen LogP contribution in [0.25, 0.3) is 6.08 Å². The molecule has 1 fully saturated rings. The zero-order chi connectivity index (χ0) is 40.7. The van der Waals surface area contributed by atoms with Gasteiger partial charge in [-0.1, -0.05) is 75.1 Å². The summed E-state index contributed by atoms with van der Waals surface area (Å²) in [5.41, 5.74) is 2.25. The zero-order valence-corrected chi connectivity index (χ0v) is 35.2. The van der Waals surface area contributed by atoms with E-state index in [1.54, 1.807) is 50.6 Å². The first-order chi connectivity index (χ1) is 26.7. The van der Waals surface area contributed by atoms with Gasteiger partial charge in [-0.05, 0) is 79.8 Å². The highest BCUT2D eigenvalue weighted by atomic mass is 28.3. The van der Waals surface area contributed by atoms with Crippen molar-refractivity contribution < 1.29 is 52.2 Å². The second-order valence-corrected chi connectivity index (χ2v) is 20.9. The van der Waals surface area contributed by atoms with Crippen LogP contribution in [-0.2, 0) is 35.0 Å². The van der Waals surface area contributed by atoms with E-state index in [0.717, 1.165) is 17.4 Å². The molecule has 0 bridgehead atoms. The summed E-state index contributed by atoms with van der Waals surface area (Å²) in [6.45, 7) is 13.5. The van der Waals surface area contributed by atoms with Crippen molar-refractivity contribution >= 4 is 26.1 Å². The van der Waals surface area contributed by atoms with Crippen LogP contribution in [0.5, 0.6) is 17.2 Å². The molecule has 1 aliphatic heterocycles. The Hall–Kier alpha value is -4.46. The predicted octanol–water partition coefficient (Wildman–Crippen LogP) is 8.74. The summed E-state index contributed by atoms with van der Waals surface area (Å²) in [6, 6.07) is 20.8. The second-order valence-electron chi connectivity index (χ2n) is 15.3. The summed E-state index contributed by atoms with van der Waals surface area (Å²) >= 11 is 0. The van der Waals surface area contributed by atoms with Crippen LogP contribution >= 0.6 is 0 Å². The zero-order valence-electron chi connectivity index (χ0n) is 34.2. The van der Waals surface area contributed by atoms with Crippen LogP contribution in [0.15, 0.2) is 85.0 Å². The Bertz CT molecular complexity index is 1750. The summed E-state index contributed by atoms with van der Waals surface area (Å²) < 4.78 is 52.5. The van der Waals surface area contributed by atoms with Crippen LogP contribution in [0, 0.1) is 5.92 Å². The summed E-state index contributed by atoms with van der Waals surface area (Å²) in [6.07, 6.45) is 5.90. The Balaban J connectivity index is 1.57. The fourth-order valence-electron chi connectivity index (χ4n) is 5.91. The molecule has 11 nitrogen and oxygen atoms in total. The van der Waals surface area contributed by atoms with E-state index < -0.39 is 44.1 Å². The summed E-state index contributed by atoms with van der Waals surface area (Å²) in [5, 5.41) is 0. The molecule has 1 unspecified atom stereocenters. The molecule has 0 N–H and O–H groups in total. The van der Waals surface area contributed by atoms with Gasteiger partial charge in [0.1, 0.15) is 35.0 Å². The summed E-state index contributed by atoms with van der Waals surface area (Å²) in [7, 11) is 3.24. The van der Waals surface area contributed by atoms with Crippen molar-refractivity contribution in [3.63, 3.8) is 0 Å². The van der Waals surface area contributed by atoms with Gasteiger partial charge < -0.3 is 42.6 Å². The highest BCUT2D eigenvalue weighted by molar-refractivity contribution is 6.76. The van der Waals surface area contributed by atoms with Crippen molar-refractivity contribution in [2.45, 2.75) is 83.6 Å². The monoisotopic (exact) mass is 790 g/mol. The van der Waals surface area contributed by atoms with E-state index in [9.17, 15) is 9.59 Å². The lowest BCUT2D eigenvalue weighted by molar-refractivity contribution is -0.152. The predicted molar refractivity (Wildman–Crippen MR) is 218 cm³/mol. The van der Waals surface area contributed by atoms with Crippen molar-refractivity contribution in [2.24, 2.45) is 5.92 Å². The van der Waals surface area contributed by atoms with Gasteiger partial charge in [0.25, 0.3) is 0 Å². The first-order valence-electron chi connectivity index (χ1n) is 18.9. The van der Waals surface area contributed by atoms with Crippen LogP contribution in [0.3, 0.4) is 0 Å². The van der Waals surface area contributed by atoms with E-state index in [2.05, 4.69) is 19.6 Å². The molecule has 0 aromatic heterocycles. The number of hydrogen-bond donors (Lipinski definition) is 0. The van der Waals surface area contributed by atoms with E-state index in [1.807, 2.05) is 75.4 Å². The van der Waals surface area contributed by atoms with E-state index in [0.29, 0.717) is 43.1 Å². The maximum absolute atomic E-state index is 13.6. The summed E-state index contributed by atoms with van der Waals surface area (Å²) in [4.78, 5) is 27.0. The number of hydrogen-bond acceptors (Lipinski definition) is 11. The smallest absolute Gasteiger partial charge is 0.342 e. The maximum Gasteiger partial charge on any atom is 0.342 e. The number of rotatable bonds is 21. The fraction of sp³-hybridized carbons (Fsp3) is 0.455. The van der Waals surface area contributed by atoms with E-state index >= 15 is 0 Å². The molecular formula is C44H58O11Si. The normalized spacial score (nSPS) is 17.8. The Kier molecular flexibility index (Phi) is 16.7. The van der Waals surface area contributed by atoms with Crippen LogP contribution < -0.4 is 14.2 Å². The van der Waals surface area contributed by atoms with Gasteiger partial charge in [-0.2, -0.15) is 0 Å². The third-order valence-electron chi connectivity index (χ3n) is 8.87. The van der Waals surface area contributed by atoms with Crippen molar-refractivity contribution in [2.75, 3.05) is 41.3 Å². The Labute approximate surface area is 332 Å². The highest BCUT2D eigenvalue weighted by Gasteiger charge is 2.45. The van der Waals surface area contributed by atoms with Gasteiger partial charge in [0.15, 0.2) is 12.6 Å². The molecule has 4 atom stereocenters. The third kappa shape index (κ3) is 13.9. The van der Waals surface area contributed by atoms with Gasteiger partial charge in [-0.3, -0.25) is 0 Å². The second kappa shape index (κ2) is 21.2. The number of methoxy groups -OCH3 is 3. The minimum absolute atomic E-state index is 0.00800. The molecule has 56 heavy (non-hydrogen) atoms. The van der Waals surface area contributed by atoms with Crippen molar-refractivity contribution in [3.8, 4) is 17.2 Å². The topological polar surface area (TPSA) is 117 Å². The van der Waals surface area contributed by atoms with Crippen LogP contribution in [0.1, 0.15) is 59.0 Å². The fourth-order valence-corrected chi connectivity index (χ4v) is 6.63. The first-order valence-corrected chi connectivity index (χ1v) is 22.6. The molecule has 1 aliphatic rings. The molecule has 4 rings (SSSR count). The molecule has 1 heterocycles. The van der Waals surface area contributed by atoms with Gasteiger partial charge in [-0.15, -0.1) is 0 Å². The molecule has 12 heteroatoms. The van der Waals surface area contributed by atoms with Gasteiger partial charge >= 0.3 is 11.9 Å². The van der Waals surface area contributed by atoms with Gasteiger partial charge in [-0.25, -0.2) is 9.59 Å². The number of esters is 2. The Morgan fingerprint density at radius 3 is 2.27 bits per heavy atom. The molecule has 1 saturated heterocycles. The first kappa shape index (κ1) is 44.3. The minimum atomic E-state index is -1.45. The molecule has 3 aromatic rings. The van der Waals surface area contributed by atoms with Crippen LogP contribution in [0.4, 0.5) is 0 Å². The largest absolute Gasteiger partial charge is 0.497 e. The van der Waals surface area contributed by atoms with Crippen LogP contribution in [-0.4, -0.2) is 85.4 Å². The Morgan fingerprint density at radius 1 is 0.893 bits per heavy atom. The van der Waals surface area contributed by atoms with Crippen molar-refractivity contribution in [3.05, 3.63) is 107 Å². The number of benzene rings is 3. The SMILES string of the molecule is COCOc1cc(OC)cc(/C=C/C[C@@H]2OC(C)(C)O[C@@H]2C(/C=C\[C@H](C)COCc2ccc(OC)cc2)OC(=O)c2ccccc2)c1C(=O)OCC[Si](C)(C)C. The van der Waals surface area contributed by atoms with Crippen LogP contribution in [0.2, 0.25) is 25.7 Å². The standard InChI is InChI=1S/C44H58O11Si/c1-31(28-50-29-32-19-21-35(48-5)22-20-32)18-23-37(53-42(45)33-14-11-10-12-15-33)41-38(54-44(2,3)55-41)17-13-16-34-26-36(49-6)27-39(52-30-47-4)40(34)43(46)51-24-25-56(7,8)9/h10-16,18-23,26-27,31,37-38,41H,17,24-25,28-30H2,1-9H3/b16-13+,23-18-/t31-,37?,38-,41+/m0/s1. The van der Waals surface area contributed by atoms with Gasteiger partial charge in [0.05, 0.1) is 45.7 Å². The van der Waals surface area contributed by atoms with Crippen molar-refractivity contribution in [1.29, 1.82) is 0 Å². The lowest BCUT2D eigenvalue weighted by Gasteiger charge is -2.24. The third-order valence-corrected chi connectivity index (χ3v) is 10.6. The molecule has 304 valence electrons. The number of carbonyl (C=O) groups is 2. The van der Waals surface area contributed by atoms with Gasteiger partial charge in [0.2, 0.25) is 0 Å². The molecule has 0 spiro atoms. The quantitative estimate of drug-likeness (QED) is 0.0446. The molecule has 0 saturated carbocycles. The molecule has 3 aromatic carbocycles. The Morgan fingerprint density at radius 2 is 1.61 bits per heavy atom. The average molecular weight is 791 g/mol. The van der Waals surface area contributed by atoms with E-state index in [-0.39, 0.29) is 24.0 Å². The molecular weight excluding hydrogens is 733 g/mol. The minimum Gasteiger partial charge on any atom is -0.497 e. The number of carbonyl (C=O) groups excluding carboxylic acids is 2. The summed E-state index contributed by atoms with van der Waals surface area (Å²) in [5.74, 6) is -0.399. The lowest BCUT2D eigenvalue weighted by atomic mass is 10.0. The molecule has 0 aliphatic carbocycles. The van der Waals surface area contributed by atoms with Crippen molar-refractivity contribution in [1.82, 2.24) is 0 Å². The van der Waals surface area contributed by atoms with E-state index in [4.69, 9.17) is 42.6 Å². The van der Waals surface area contributed by atoms with E-state index in [1.165, 1.54) is 7.11 Å². The maximum atomic E-state index is 13.6. The molecule has 0 amide bonds. The van der Waals surface area contributed by atoms with Gasteiger partial charge in [0, 0.05) is 21.3 Å². The lowest BCUT2D eigenvalue weighted by Crippen LogP contribution is -2.37. The number of ether oxygens (including phenoxy) is 9.